The molecule has 0 bridgehead atoms. The number of aromatic nitrogens is 3. The molecule has 0 fully saturated rings. The van der Waals surface area contributed by atoms with Crippen LogP contribution in [-0.2, 0) is 6.54 Å². The maximum atomic E-state index is 12.0. The van der Waals surface area contributed by atoms with E-state index in [1.807, 2.05) is 37.3 Å². The van der Waals surface area contributed by atoms with Crippen molar-refractivity contribution in [3.05, 3.63) is 47.7 Å². The van der Waals surface area contributed by atoms with Crippen molar-refractivity contribution in [2.45, 2.75) is 20.4 Å². The summed E-state index contributed by atoms with van der Waals surface area (Å²) in [6.07, 6.45) is 0. The average Bonchev–Trinajstić information content (AvgIpc) is 3.13. The van der Waals surface area contributed by atoms with Crippen LogP contribution >= 0.6 is 11.3 Å². The third kappa shape index (κ3) is 3.72. The molecule has 2 heterocycles. The summed E-state index contributed by atoms with van der Waals surface area (Å²) in [5.41, 5.74) is 1.80. The fourth-order valence-corrected chi connectivity index (χ4v) is 2.90. The number of thiazole rings is 1. The molecule has 7 nitrogen and oxygen atoms in total. The first-order valence-corrected chi connectivity index (χ1v) is 7.80. The number of amides is 2. The second kappa shape index (κ2) is 6.57. The summed E-state index contributed by atoms with van der Waals surface area (Å²) < 4.78 is 4.85. The first kappa shape index (κ1) is 15.2. The molecule has 1 aromatic carbocycles. The van der Waals surface area contributed by atoms with E-state index < -0.39 is 0 Å². The van der Waals surface area contributed by atoms with Gasteiger partial charge in [-0.3, -0.25) is 5.32 Å². The van der Waals surface area contributed by atoms with Gasteiger partial charge in [0.1, 0.15) is 10.0 Å². The summed E-state index contributed by atoms with van der Waals surface area (Å²) >= 11 is 1.43. The molecule has 0 unspecified atom stereocenters. The lowest BCUT2D eigenvalue weighted by Crippen LogP contribution is -2.28. The van der Waals surface area contributed by atoms with E-state index in [1.165, 1.54) is 11.3 Å². The molecule has 0 saturated carbocycles. The Morgan fingerprint density at radius 2 is 2.00 bits per heavy atom. The Hall–Kier alpha value is -2.74. The first-order chi connectivity index (χ1) is 11.1. The third-order valence-corrected chi connectivity index (χ3v) is 4.14. The van der Waals surface area contributed by atoms with Crippen molar-refractivity contribution in [3.63, 3.8) is 0 Å². The standard InChI is InChI=1S/C15H15N5O2S/c1-9-13(23-14(17-9)11-6-4-3-5-7-11)19-15(21)16-8-12-18-10(2)22-20-12/h3-7H,8H2,1-2H3,(H2,16,19,21). The van der Waals surface area contributed by atoms with Gasteiger partial charge in [-0.2, -0.15) is 4.98 Å². The second-order valence-electron chi connectivity index (χ2n) is 4.84. The molecule has 2 N–H and O–H groups in total. The Morgan fingerprint density at radius 1 is 1.22 bits per heavy atom. The smallest absolute Gasteiger partial charge is 0.320 e. The predicted octanol–water partition coefficient (Wildman–Crippen LogP) is 3.13. The minimum absolute atomic E-state index is 0.201. The van der Waals surface area contributed by atoms with Gasteiger partial charge in [-0.05, 0) is 6.92 Å². The zero-order chi connectivity index (χ0) is 16.2. The molecule has 0 aliphatic carbocycles. The van der Waals surface area contributed by atoms with E-state index in [-0.39, 0.29) is 12.6 Å². The molecule has 0 spiro atoms. The number of urea groups is 1. The Labute approximate surface area is 136 Å². The number of aryl methyl sites for hydroxylation is 2. The number of nitrogens with zero attached hydrogens (tertiary/aromatic N) is 3. The molecule has 0 atom stereocenters. The lowest BCUT2D eigenvalue weighted by molar-refractivity contribution is 0.251. The van der Waals surface area contributed by atoms with Gasteiger partial charge in [0, 0.05) is 12.5 Å². The van der Waals surface area contributed by atoms with Crippen molar-refractivity contribution in [2.24, 2.45) is 0 Å². The minimum atomic E-state index is -0.334. The van der Waals surface area contributed by atoms with Crippen molar-refractivity contribution in [2.75, 3.05) is 5.32 Å². The van der Waals surface area contributed by atoms with Crippen LogP contribution in [0.25, 0.3) is 10.6 Å². The fourth-order valence-electron chi connectivity index (χ4n) is 1.94. The Kier molecular flexibility index (Phi) is 4.33. The summed E-state index contributed by atoms with van der Waals surface area (Å²) in [6, 6.07) is 9.51. The van der Waals surface area contributed by atoms with Crippen LogP contribution in [0.1, 0.15) is 17.4 Å². The lowest BCUT2D eigenvalue weighted by atomic mass is 10.2. The number of anilines is 1. The molecule has 23 heavy (non-hydrogen) atoms. The van der Waals surface area contributed by atoms with E-state index in [1.54, 1.807) is 6.92 Å². The summed E-state index contributed by atoms with van der Waals surface area (Å²) in [6.45, 7) is 3.76. The molecular weight excluding hydrogens is 314 g/mol. The topological polar surface area (TPSA) is 92.9 Å². The molecule has 0 aliphatic heterocycles. The number of carbonyl (C=O) groups excluding carboxylic acids is 1. The van der Waals surface area contributed by atoms with Gasteiger partial charge >= 0.3 is 6.03 Å². The highest BCUT2D eigenvalue weighted by molar-refractivity contribution is 7.19. The van der Waals surface area contributed by atoms with Gasteiger partial charge in [0.2, 0.25) is 5.89 Å². The van der Waals surface area contributed by atoms with Gasteiger partial charge in [0.05, 0.1) is 12.2 Å². The number of hydrogen-bond donors (Lipinski definition) is 2. The molecule has 0 radical (unpaired) electrons. The van der Waals surface area contributed by atoms with E-state index in [0.717, 1.165) is 16.3 Å². The van der Waals surface area contributed by atoms with Crippen molar-refractivity contribution in [1.82, 2.24) is 20.4 Å². The van der Waals surface area contributed by atoms with Crippen LogP contribution in [0.3, 0.4) is 0 Å². The van der Waals surface area contributed by atoms with E-state index in [0.29, 0.717) is 16.7 Å². The average molecular weight is 329 g/mol. The van der Waals surface area contributed by atoms with Gasteiger partial charge < -0.3 is 9.84 Å². The van der Waals surface area contributed by atoms with Crippen LogP contribution in [-0.4, -0.2) is 21.2 Å². The highest BCUT2D eigenvalue weighted by Crippen LogP contribution is 2.31. The number of carbonyl (C=O) groups is 1. The third-order valence-electron chi connectivity index (χ3n) is 3.02. The monoisotopic (exact) mass is 329 g/mol. The van der Waals surface area contributed by atoms with Crippen LogP contribution in [0.5, 0.6) is 0 Å². The summed E-state index contributed by atoms with van der Waals surface area (Å²) in [5, 5.41) is 10.8. The molecule has 3 rings (SSSR count). The van der Waals surface area contributed by atoms with Crippen LogP contribution in [0, 0.1) is 13.8 Å². The quantitative estimate of drug-likeness (QED) is 0.767. The Bertz CT molecular complexity index is 812. The van der Waals surface area contributed by atoms with Crippen LogP contribution in [0.2, 0.25) is 0 Å². The van der Waals surface area contributed by atoms with Gasteiger partial charge in [0.25, 0.3) is 0 Å². The van der Waals surface area contributed by atoms with Gasteiger partial charge in [-0.25, -0.2) is 9.78 Å². The SMILES string of the molecule is Cc1nc(CNC(=O)Nc2sc(-c3ccccc3)nc2C)no1. The fraction of sp³-hybridized carbons (Fsp3) is 0.200. The number of hydrogen-bond acceptors (Lipinski definition) is 6. The molecule has 3 aromatic rings. The molecule has 0 saturated heterocycles. The van der Waals surface area contributed by atoms with Gasteiger partial charge in [-0.1, -0.05) is 46.8 Å². The van der Waals surface area contributed by atoms with E-state index in [9.17, 15) is 4.79 Å². The van der Waals surface area contributed by atoms with Crippen LogP contribution < -0.4 is 10.6 Å². The largest absolute Gasteiger partial charge is 0.340 e. The molecule has 118 valence electrons. The summed E-state index contributed by atoms with van der Waals surface area (Å²) in [4.78, 5) is 20.5. The zero-order valence-corrected chi connectivity index (χ0v) is 13.5. The summed E-state index contributed by atoms with van der Waals surface area (Å²) in [5.74, 6) is 0.900. The van der Waals surface area contributed by atoms with E-state index in [4.69, 9.17) is 4.52 Å². The molecule has 8 heteroatoms. The van der Waals surface area contributed by atoms with Crippen molar-refractivity contribution in [3.8, 4) is 10.6 Å². The van der Waals surface area contributed by atoms with Gasteiger partial charge in [0.15, 0.2) is 5.82 Å². The number of rotatable bonds is 4. The molecule has 0 aliphatic rings. The Balaban J connectivity index is 1.63. The maximum absolute atomic E-state index is 12.0. The second-order valence-corrected chi connectivity index (χ2v) is 5.84. The van der Waals surface area contributed by atoms with Crippen LogP contribution in [0.15, 0.2) is 34.9 Å². The first-order valence-electron chi connectivity index (χ1n) is 6.98. The van der Waals surface area contributed by atoms with Crippen molar-refractivity contribution in [1.29, 1.82) is 0 Å². The van der Waals surface area contributed by atoms with Gasteiger partial charge in [-0.15, -0.1) is 0 Å². The van der Waals surface area contributed by atoms with Crippen LogP contribution in [0.4, 0.5) is 9.80 Å². The highest BCUT2D eigenvalue weighted by Gasteiger charge is 2.12. The predicted molar refractivity (Wildman–Crippen MR) is 87.2 cm³/mol. The number of benzene rings is 1. The number of nitrogens with one attached hydrogen (secondary N) is 2. The highest BCUT2D eigenvalue weighted by atomic mass is 32.1. The minimum Gasteiger partial charge on any atom is -0.340 e. The zero-order valence-electron chi connectivity index (χ0n) is 12.7. The molecule has 2 amide bonds. The normalized spacial score (nSPS) is 10.5. The van der Waals surface area contributed by atoms with E-state index in [2.05, 4.69) is 25.8 Å². The molecule has 2 aromatic heterocycles. The lowest BCUT2D eigenvalue weighted by Gasteiger charge is -2.03. The Morgan fingerprint density at radius 3 is 2.70 bits per heavy atom. The maximum Gasteiger partial charge on any atom is 0.320 e. The molecular formula is C15H15N5O2S. The summed E-state index contributed by atoms with van der Waals surface area (Å²) in [7, 11) is 0. The van der Waals surface area contributed by atoms with Crippen molar-refractivity contribution >= 4 is 22.4 Å². The van der Waals surface area contributed by atoms with E-state index >= 15 is 0 Å². The van der Waals surface area contributed by atoms with Crippen molar-refractivity contribution < 1.29 is 9.32 Å².